The van der Waals surface area contributed by atoms with Crippen molar-refractivity contribution in [2.24, 2.45) is 0 Å². The molecule has 0 aromatic heterocycles. The largest absolute Gasteiger partial charge is 0.469 e. The topological polar surface area (TPSA) is 34.1 Å². The zero-order valence-electron chi connectivity index (χ0n) is 5.11. The first kappa shape index (κ1) is 10.6. The van der Waals surface area contributed by atoms with Crippen molar-refractivity contribution >= 4 is 9.84 Å². The lowest BCUT2D eigenvalue weighted by Crippen LogP contribution is -2.43. The highest BCUT2D eigenvalue weighted by Crippen LogP contribution is 2.38. The van der Waals surface area contributed by atoms with Gasteiger partial charge >= 0.3 is 11.4 Å². The Morgan fingerprint density at radius 3 is 1.27 bits per heavy atom. The molecule has 0 rings (SSSR count). The minimum absolute atomic E-state index is 0.180. The van der Waals surface area contributed by atoms with Gasteiger partial charge in [0.1, 0.15) is 0 Å². The van der Waals surface area contributed by atoms with Gasteiger partial charge in [0.2, 0.25) is 9.84 Å². The molecule has 0 aliphatic rings. The highest BCUT2D eigenvalue weighted by Gasteiger charge is 2.65. The van der Waals surface area contributed by atoms with E-state index in [-0.39, 0.29) is 6.26 Å². The molecule has 11 heavy (non-hydrogen) atoms. The number of alkyl halides is 5. The van der Waals surface area contributed by atoms with Crippen LogP contribution in [0, 0.1) is 0 Å². The highest BCUT2D eigenvalue weighted by molar-refractivity contribution is 7.91. The van der Waals surface area contributed by atoms with E-state index >= 15 is 0 Å². The van der Waals surface area contributed by atoms with Crippen molar-refractivity contribution in [1.29, 1.82) is 0 Å². The lowest BCUT2D eigenvalue weighted by molar-refractivity contribution is -0.241. The molecular formula is C3H3F5O2S. The van der Waals surface area contributed by atoms with Gasteiger partial charge in [-0.25, -0.2) is 8.42 Å². The Kier molecular flexibility index (Phi) is 2.21. The summed E-state index contributed by atoms with van der Waals surface area (Å²) in [4.78, 5) is 0. The molecule has 0 spiro atoms. The highest BCUT2D eigenvalue weighted by atomic mass is 32.2. The van der Waals surface area contributed by atoms with E-state index in [1.165, 1.54) is 0 Å². The van der Waals surface area contributed by atoms with Gasteiger partial charge in [-0.1, -0.05) is 0 Å². The first-order valence-corrected chi connectivity index (χ1v) is 4.03. The van der Waals surface area contributed by atoms with Crippen LogP contribution in [0.3, 0.4) is 0 Å². The molecule has 0 aromatic rings. The molecule has 0 amide bonds. The number of rotatable bonds is 1. The summed E-state index contributed by atoms with van der Waals surface area (Å²) in [6.07, 6.45) is -6.22. The Morgan fingerprint density at radius 2 is 1.27 bits per heavy atom. The molecule has 0 aliphatic heterocycles. The first-order chi connectivity index (χ1) is 4.50. The van der Waals surface area contributed by atoms with Gasteiger partial charge in [-0.05, 0) is 0 Å². The molecule has 0 N–H and O–H groups in total. The molecule has 0 aliphatic carbocycles. The molecule has 0 bridgehead atoms. The van der Waals surface area contributed by atoms with E-state index in [0.29, 0.717) is 0 Å². The molecule has 0 radical (unpaired) electrons. The second kappa shape index (κ2) is 2.29. The van der Waals surface area contributed by atoms with E-state index in [9.17, 15) is 30.4 Å². The van der Waals surface area contributed by atoms with Crippen LogP contribution < -0.4 is 0 Å². The van der Waals surface area contributed by atoms with Crippen LogP contribution in [0.4, 0.5) is 22.0 Å². The summed E-state index contributed by atoms with van der Waals surface area (Å²) in [6, 6.07) is 0. The molecule has 0 saturated heterocycles. The average Bonchev–Trinajstić information content (AvgIpc) is 1.58. The van der Waals surface area contributed by atoms with Gasteiger partial charge < -0.3 is 0 Å². The van der Waals surface area contributed by atoms with Crippen LogP contribution in [0.15, 0.2) is 0 Å². The number of halogens is 5. The summed E-state index contributed by atoms with van der Waals surface area (Å²) >= 11 is 0. The van der Waals surface area contributed by atoms with Crippen LogP contribution in [0.25, 0.3) is 0 Å². The maximum Gasteiger partial charge on any atom is 0.469 e. The molecule has 0 fully saturated rings. The second-order valence-corrected chi connectivity index (χ2v) is 3.84. The van der Waals surface area contributed by atoms with Crippen molar-refractivity contribution < 1.29 is 30.4 Å². The van der Waals surface area contributed by atoms with Crippen LogP contribution in [0.5, 0.6) is 0 Å². The van der Waals surface area contributed by atoms with Crippen molar-refractivity contribution in [1.82, 2.24) is 0 Å². The Balaban J connectivity index is 5.08. The summed E-state index contributed by atoms with van der Waals surface area (Å²) in [7, 11) is -5.42. The summed E-state index contributed by atoms with van der Waals surface area (Å²) in [6.45, 7) is 0. The quantitative estimate of drug-likeness (QED) is 0.593. The minimum Gasteiger partial charge on any atom is -0.222 e. The van der Waals surface area contributed by atoms with Gasteiger partial charge in [-0.2, -0.15) is 22.0 Å². The van der Waals surface area contributed by atoms with Crippen LogP contribution >= 0.6 is 0 Å². The predicted molar refractivity (Wildman–Crippen MR) is 25.8 cm³/mol. The van der Waals surface area contributed by atoms with Crippen molar-refractivity contribution in [3.05, 3.63) is 0 Å². The van der Waals surface area contributed by atoms with E-state index in [4.69, 9.17) is 0 Å². The summed E-state index contributed by atoms with van der Waals surface area (Å²) in [5.74, 6) is 0. The zero-order chi connectivity index (χ0) is 9.50. The SMILES string of the molecule is CS(=O)(=O)C(F)(F)C(F)(F)F. The molecule has 0 saturated carbocycles. The smallest absolute Gasteiger partial charge is 0.222 e. The van der Waals surface area contributed by atoms with Gasteiger partial charge in [0.25, 0.3) is 0 Å². The molecule has 68 valence electrons. The molecule has 0 heterocycles. The lowest BCUT2D eigenvalue weighted by atomic mass is 10.7. The molecular weight excluding hydrogens is 195 g/mol. The first-order valence-electron chi connectivity index (χ1n) is 2.14. The van der Waals surface area contributed by atoms with Crippen molar-refractivity contribution in [3.8, 4) is 0 Å². The van der Waals surface area contributed by atoms with Crippen molar-refractivity contribution in [3.63, 3.8) is 0 Å². The Labute approximate surface area is 58.9 Å². The van der Waals surface area contributed by atoms with E-state index < -0.39 is 21.3 Å². The summed E-state index contributed by atoms with van der Waals surface area (Å²) < 4.78 is 76.7. The van der Waals surface area contributed by atoms with Crippen LogP contribution in [-0.2, 0) is 9.84 Å². The third-order valence-corrected chi connectivity index (χ3v) is 1.96. The standard InChI is InChI=1S/C3H3F5O2S/c1-11(9,10)3(7,8)2(4,5)6/h1H3. The zero-order valence-corrected chi connectivity index (χ0v) is 5.93. The average molecular weight is 198 g/mol. The maximum absolute atomic E-state index is 11.7. The minimum atomic E-state index is -6.04. The third-order valence-electron chi connectivity index (χ3n) is 0.796. The van der Waals surface area contributed by atoms with Gasteiger partial charge in [-0.15, -0.1) is 0 Å². The maximum atomic E-state index is 11.7. The fourth-order valence-corrected chi connectivity index (χ4v) is 0.631. The predicted octanol–water partition coefficient (Wildman–Crippen LogP) is 1.19. The Morgan fingerprint density at radius 1 is 1.00 bits per heavy atom. The molecule has 0 atom stereocenters. The summed E-state index contributed by atoms with van der Waals surface area (Å²) in [5, 5.41) is -5.65. The molecule has 0 unspecified atom stereocenters. The molecule has 0 aromatic carbocycles. The Hall–Kier alpha value is -0.400. The fraction of sp³-hybridized carbons (Fsp3) is 1.00. The number of sulfone groups is 1. The molecule has 8 heteroatoms. The fourth-order valence-electron chi connectivity index (χ4n) is 0.210. The van der Waals surface area contributed by atoms with Gasteiger partial charge in [0, 0.05) is 6.26 Å². The van der Waals surface area contributed by atoms with Crippen LogP contribution in [0.1, 0.15) is 0 Å². The van der Waals surface area contributed by atoms with E-state index in [1.807, 2.05) is 0 Å². The lowest BCUT2D eigenvalue weighted by Gasteiger charge is -2.16. The normalized spacial score (nSPS) is 15.1. The number of hydrogen-bond donors (Lipinski definition) is 0. The Bertz CT molecular complexity index is 237. The van der Waals surface area contributed by atoms with E-state index in [1.54, 1.807) is 0 Å². The van der Waals surface area contributed by atoms with E-state index in [2.05, 4.69) is 0 Å². The van der Waals surface area contributed by atoms with Crippen molar-refractivity contribution in [2.75, 3.05) is 6.26 Å². The van der Waals surface area contributed by atoms with Gasteiger partial charge in [0.15, 0.2) is 0 Å². The van der Waals surface area contributed by atoms with Crippen LogP contribution in [-0.4, -0.2) is 26.1 Å². The summed E-state index contributed by atoms with van der Waals surface area (Å²) in [5.41, 5.74) is 0. The number of hydrogen-bond acceptors (Lipinski definition) is 2. The van der Waals surface area contributed by atoms with Crippen molar-refractivity contribution in [2.45, 2.75) is 11.4 Å². The van der Waals surface area contributed by atoms with Crippen LogP contribution in [0.2, 0.25) is 0 Å². The molecule has 2 nitrogen and oxygen atoms in total. The van der Waals surface area contributed by atoms with E-state index in [0.717, 1.165) is 0 Å². The second-order valence-electron chi connectivity index (χ2n) is 1.79. The monoisotopic (exact) mass is 198 g/mol. The van der Waals surface area contributed by atoms with Gasteiger partial charge in [-0.3, -0.25) is 0 Å². The van der Waals surface area contributed by atoms with Gasteiger partial charge in [0.05, 0.1) is 0 Å². The third kappa shape index (κ3) is 1.79.